The molecule has 2 heteroatoms. The minimum atomic E-state index is -0.0813. The Morgan fingerprint density at radius 1 is 1.33 bits per heavy atom. The van der Waals surface area contributed by atoms with Gasteiger partial charge in [0.1, 0.15) is 0 Å². The maximum Gasteiger partial charge on any atom is 0.305 e. The second kappa shape index (κ2) is 6.14. The molecule has 0 N–H and O–H groups in total. The first-order chi connectivity index (χ1) is 6.83. The monoisotopic (exact) mass is 214 g/mol. The molecule has 0 heterocycles. The lowest BCUT2D eigenvalue weighted by Crippen LogP contribution is -2.27. The van der Waals surface area contributed by atoms with E-state index in [2.05, 4.69) is 34.6 Å². The zero-order valence-corrected chi connectivity index (χ0v) is 11.1. The van der Waals surface area contributed by atoms with Gasteiger partial charge in [-0.25, -0.2) is 0 Å². The van der Waals surface area contributed by atoms with E-state index in [0.29, 0.717) is 18.3 Å². The Bertz CT molecular complexity index is 195. The number of carbonyl (C=O) groups is 1. The van der Waals surface area contributed by atoms with Gasteiger partial charge in [-0.2, -0.15) is 0 Å². The summed E-state index contributed by atoms with van der Waals surface area (Å²) in [6.45, 7) is 11.1. The molecular weight excluding hydrogens is 188 g/mol. The van der Waals surface area contributed by atoms with E-state index in [-0.39, 0.29) is 11.4 Å². The fourth-order valence-electron chi connectivity index (χ4n) is 1.82. The molecular formula is C13H26O2. The first kappa shape index (κ1) is 14.5. The number of hydrogen-bond donors (Lipinski definition) is 0. The van der Waals surface area contributed by atoms with Crippen LogP contribution in [0.4, 0.5) is 0 Å². The summed E-state index contributed by atoms with van der Waals surface area (Å²) >= 11 is 0. The molecule has 0 aromatic carbocycles. The number of rotatable bonds is 6. The molecule has 0 saturated carbocycles. The quantitative estimate of drug-likeness (QED) is 0.631. The molecule has 0 rings (SSSR count). The van der Waals surface area contributed by atoms with Gasteiger partial charge in [0, 0.05) is 6.42 Å². The predicted octanol–water partition coefficient (Wildman–Crippen LogP) is 3.65. The maximum atomic E-state index is 11.3. The van der Waals surface area contributed by atoms with Crippen molar-refractivity contribution in [3.63, 3.8) is 0 Å². The van der Waals surface area contributed by atoms with Crippen LogP contribution in [0.2, 0.25) is 0 Å². The fraction of sp³-hybridized carbons (Fsp3) is 0.923. The van der Waals surface area contributed by atoms with Crippen LogP contribution in [0.3, 0.4) is 0 Å². The highest BCUT2D eigenvalue weighted by atomic mass is 16.5. The zero-order valence-electron chi connectivity index (χ0n) is 11.1. The Balaban J connectivity index is 4.50. The van der Waals surface area contributed by atoms with Crippen molar-refractivity contribution in [3.8, 4) is 0 Å². The summed E-state index contributed by atoms with van der Waals surface area (Å²) in [5.41, 5.74) is 0.221. The van der Waals surface area contributed by atoms with Gasteiger partial charge in [-0.05, 0) is 23.7 Å². The van der Waals surface area contributed by atoms with Crippen LogP contribution in [-0.2, 0) is 9.53 Å². The summed E-state index contributed by atoms with van der Waals surface area (Å²) in [5, 5.41) is 0. The number of carbonyl (C=O) groups excluding carboxylic acids is 1. The van der Waals surface area contributed by atoms with Gasteiger partial charge in [0.05, 0.1) is 7.11 Å². The molecule has 0 radical (unpaired) electrons. The van der Waals surface area contributed by atoms with Crippen LogP contribution in [0.25, 0.3) is 0 Å². The third-order valence-electron chi connectivity index (χ3n) is 3.41. The summed E-state index contributed by atoms with van der Waals surface area (Å²) < 4.78 is 4.76. The van der Waals surface area contributed by atoms with E-state index < -0.39 is 0 Å². The molecule has 0 saturated heterocycles. The van der Waals surface area contributed by atoms with Gasteiger partial charge in [-0.3, -0.25) is 4.79 Å². The van der Waals surface area contributed by atoms with E-state index in [0.717, 1.165) is 12.8 Å². The predicted molar refractivity (Wildman–Crippen MR) is 63.7 cm³/mol. The summed E-state index contributed by atoms with van der Waals surface area (Å²) in [7, 11) is 1.47. The fourth-order valence-corrected chi connectivity index (χ4v) is 1.82. The molecule has 1 atom stereocenters. The Hall–Kier alpha value is -0.530. The van der Waals surface area contributed by atoms with E-state index in [1.165, 1.54) is 7.11 Å². The maximum absolute atomic E-state index is 11.3. The number of hydrogen-bond acceptors (Lipinski definition) is 2. The topological polar surface area (TPSA) is 26.3 Å². The Kier molecular flexibility index (Phi) is 5.92. The van der Waals surface area contributed by atoms with Gasteiger partial charge < -0.3 is 4.74 Å². The second-order valence-corrected chi connectivity index (χ2v) is 5.45. The lowest BCUT2D eigenvalue weighted by atomic mass is 9.71. The van der Waals surface area contributed by atoms with E-state index in [9.17, 15) is 4.79 Å². The largest absolute Gasteiger partial charge is 0.469 e. The van der Waals surface area contributed by atoms with Crippen molar-refractivity contribution < 1.29 is 9.53 Å². The number of ether oxygens (including phenoxy) is 1. The summed E-state index contributed by atoms with van der Waals surface area (Å²) in [5.74, 6) is 0.975. The SMILES string of the molecule is CCC(C)(C)C(CC(=O)OC)CC(C)C. The molecule has 15 heavy (non-hydrogen) atoms. The van der Waals surface area contributed by atoms with Gasteiger partial charge >= 0.3 is 5.97 Å². The van der Waals surface area contributed by atoms with Crippen LogP contribution in [-0.4, -0.2) is 13.1 Å². The minimum Gasteiger partial charge on any atom is -0.469 e. The van der Waals surface area contributed by atoms with Gasteiger partial charge in [0.25, 0.3) is 0 Å². The van der Waals surface area contributed by atoms with E-state index in [1.54, 1.807) is 0 Å². The highest BCUT2D eigenvalue weighted by Crippen LogP contribution is 2.37. The molecule has 0 aliphatic heterocycles. The molecule has 0 aliphatic carbocycles. The van der Waals surface area contributed by atoms with Crippen LogP contribution in [0.1, 0.15) is 53.9 Å². The molecule has 0 amide bonds. The van der Waals surface area contributed by atoms with Crippen LogP contribution in [0, 0.1) is 17.3 Å². The average Bonchev–Trinajstić information content (AvgIpc) is 2.15. The normalized spacial score (nSPS) is 14.1. The van der Waals surface area contributed by atoms with Crippen LogP contribution in [0.15, 0.2) is 0 Å². The van der Waals surface area contributed by atoms with Crippen molar-refractivity contribution in [1.82, 2.24) is 0 Å². The molecule has 2 nitrogen and oxygen atoms in total. The van der Waals surface area contributed by atoms with Crippen LogP contribution >= 0.6 is 0 Å². The Morgan fingerprint density at radius 3 is 2.20 bits per heavy atom. The Labute approximate surface area is 94.4 Å². The van der Waals surface area contributed by atoms with Crippen molar-refractivity contribution in [2.24, 2.45) is 17.3 Å². The lowest BCUT2D eigenvalue weighted by Gasteiger charge is -2.34. The summed E-state index contributed by atoms with van der Waals surface area (Å²) in [6, 6.07) is 0. The highest BCUT2D eigenvalue weighted by Gasteiger charge is 2.30. The van der Waals surface area contributed by atoms with Gasteiger partial charge in [0.15, 0.2) is 0 Å². The number of methoxy groups -OCH3 is 1. The van der Waals surface area contributed by atoms with Crippen molar-refractivity contribution in [3.05, 3.63) is 0 Å². The van der Waals surface area contributed by atoms with Gasteiger partial charge in [0.2, 0.25) is 0 Å². The van der Waals surface area contributed by atoms with E-state index in [1.807, 2.05) is 0 Å². The van der Waals surface area contributed by atoms with Crippen LogP contribution in [0.5, 0.6) is 0 Å². The van der Waals surface area contributed by atoms with Crippen molar-refractivity contribution in [2.45, 2.75) is 53.9 Å². The molecule has 0 aromatic heterocycles. The first-order valence-electron chi connectivity index (χ1n) is 5.90. The standard InChI is InChI=1S/C13H26O2/c1-7-13(4,5)11(8-10(2)3)9-12(14)15-6/h10-11H,7-9H2,1-6H3. The second-order valence-electron chi connectivity index (χ2n) is 5.45. The number of esters is 1. The summed E-state index contributed by atoms with van der Waals surface area (Å²) in [6.07, 6.45) is 2.74. The molecule has 0 fully saturated rings. The van der Waals surface area contributed by atoms with Gasteiger partial charge in [-0.15, -0.1) is 0 Å². The van der Waals surface area contributed by atoms with Crippen molar-refractivity contribution in [2.75, 3.05) is 7.11 Å². The molecule has 0 bridgehead atoms. The molecule has 0 aliphatic rings. The highest BCUT2D eigenvalue weighted by molar-refractivity contribution is 5.69. The average molecular weight is 214 g/mol. The van der Waals surface area contributed by atoms with Crippen LogP contribution < -0.4 is 0 Å². The summed E-state index contributed by atoms with van der Waals surface area (Å²) in [4.78, 5) is 11.3. The smallest absolute Gasteiger partial charge is 0.305 e. The first-order valence-corrected chi connectivity index (χ1v) is 5.90. The zero-order chi connectivity index (χ0) is 12.1. The Morgan fingerprint density at radius 2 is 1.87 bits per heavy atom. The van der Waals surface area contributed by atoms with Gasteiger partial charge in [-0.1, -0.05) is 41.0 Å². The minimum absolute atomic E-state index is 0.0813. The lowest BCUT2D eigenvalue weighted by molar-refractivity contribution is -0.143. The van der Waals surface area contributed by atoms with E-state index in [4.69, 9.17) is 4.74 Å². The molecule has 1 unspecified atom stereocenters. The van der Waals surface area contributed by atoms with E-state index >= 15 is 0 Å². The third kappa shape index (κ3) is 5.19. The van der Waals surface area contributed by atoms with Crippen molar-refractivity contribution in [1.29, 1.82) is 0 Å². The third-order valence-corrected chi connectivity index (χ3v) is 3.41. The van der Waals surface area contributed by atoms with Crippen molar-refractivity contribution >= 4 is 5.97 Å². The molecule has 0 spiro atoms. The molecule has 90 valence electrons. The molecule has 0 aromatic rings.